The van der Waals surface area contributed by atoms with E-state index in [1.165, 1.54) is 31.4 Å². The van der Waals surface area contributed by atoms with Crippen molar-refractivity contribution in [3.05, 3.63) is 59.8 Å². The lowest BCUT2D eigenvalue weighted by molar-refractivity contribution is 0.109. The molecule has 0 fully saturated rings. The number of hydrogen-bond acceptors (Lipinski definition) is 5. The Labute approximate surface area is 138 Å². The molecule has 0 amide bonds. The van der Waals surface area contributed by atoms with Crippen LogP contribution in [0, 0.1) is 0 Å². The molecule has 3 aromatic rings. The van der Waals surface area contributed by atoms with Crippen molar-refractivity contribution in [1.82, 2.24) is 3.97 Å². The fraction of sp³-hybridized carbons (Fsp3) is 0.0588. The summed E-state index contributed by atoms with van der Waals surface area (Å²) in [6.45, 7) is 0. The van der Waals surface area contributed by atoms with E-state index in [-0.39, 0.29) is 21.7 Å². The predicted molar refractivity (Wildman–Crippen MR) is 88.3 cm³/mol. The molecule has 0 atom stereocenters. The number of hydrogen-bond donors (Lipinski definition) is 0. The number of aromatic nitrogens is 1. The maximum absolute atomic E-state index is 13.0. The van der Waals surface area contributed by atoms with E-state index < -0.39 is 10.0 Å². The van der Waals surface area contributed by atoms with Gasteiger partial charge in [0.15, 0.2) is 12.6 Å². The Morgan fingerprint density at radius 1 is 1.00 bits per heavy atom. The van der Waals surface area contributed by atoms with Gasteiger partial charge in [-0.1, -0.05) is 18.2 Å². The first-order chi connectivity index (χ1) is 11.5. The number of carbonyl (C=O) groups is 2. The van der Waals surface area contributed by atoms with Crippen molar-refractivity contribution in [2.45, 2.75) is 4.90 Å². The fourth-order valence-electron chi connectivity index (χ4n) is 2.60. The molecule has 0 unspecified atom stereocenters. The van der Waals surface area contributed by atoms with Gasteiger partial charge in [0.1, 0.15) is 11.4 Å². The van der Waals surface area contributed by atoms with Crippen LogP contribution in [0.3, 0.4) is 0 Å². The Morgan fingerprint density at radius 2 is 1.71 bits per heavy atom. The fourth-order valence-corrected chi connectivity index (χ4v) is 4.13. The van der Waals surface area contributed by atoms with Crippen molar-refractivity contribution < 1.29 is 22.7 Å². The molecule has 6 nitrogen and oxygen atoms in total. The van der Waals surface area contributed by atoms with Crippen LogP contribution in [0.15, 0.2) is 53.4 Å². The zero-order valence-electron chi connectivity index (χ0n) is 12.7. The number of rotatable bonds is 5. The SMILES string of the molecule is COc1ccc2c(c1)c(C=O)c(C=O)n2S(=O)(=O)c1ccccc1. The number of methoxy groups -OCH3 is 1. The third-order valence-corrected chi connectivity index (χ3v) is 5.46. The molecule has 0 bridgehead atoms. The summed E-state index contributed by atoms with van der Waals surface area (Å²) in [6.07, 6.45) is 0.846. The van der Waals surface area contributed by atoms with Crippen LogP contribution >= 0.6 is 0 Å². The molecule has 0 spiro atoms. The first-order valence-electron chi connectivity index (χ1n) is 6.98. The average Bonchev–Trinajstić information content (AvgIpc) is 2.95. The molecule has 0 aliphatic heterocycles. The first kappa shape index (κ1) is 15.9. The number of aldehydes is 2. The van der Waals surface area contributed by atoms with Gasteiger partial charge in [0.25, 0.3) is 10.0 Å². The van der Waals surface area contributed by atoms with E-state index in [1.807, 2.05) is 0 Å². The van der Waals surface area contributed by atoms with E-state index in [4.69, 9.17) is 4.74 Å². The Morgan fingerprint density at radius 3 is 2.29 bits per heavy atom. The monoisotopic (exact) mass is 343 g/mol. The van der Waals surface area contributed by atoms with Crippen molar-refractivity contribution in [3.63, 3.8) is 0 Å². The van der Waals surface area contributed by atoms with Crippen molar-refractivity contribution in [1.29, 1.82) is 0 Å². The predicted octanol–water partition coefficient (Wildman–Crippen LogP) is 2.51. The molecule has 122 valence electrons. The second-order valence-corrected chi connectivity index (χ2v) is 6.79. The summed E-state index contributed by atoms with van der Waals surface area (Å²) in [6, 6.07) is 12.3. The second-order valence-electron chi connectivity index (χ2n) is 5.00. The van der Waals surface area contributed by atoms with Crippen molar-refractivity contribution in [2.75, 3.05) is 7.11 Å². The molecule has 1 aromatic heterocycles. The van der Waals surface area contributed by atoms with Gasteiger partial charge in [-0.05, 0) is 30.3 Å². The van der Waals surface area contributed by atoms with E-state index in [0.29, 0.717) is 23.7 Å². The van der Waals surface area contributed by atoms with E-state index in [0.717, 1.165) is 3.97 Å². The number of benzene rings is 2. The maximum Gasteiger partial charge on any atom is 0.268 e. The van der Waals surface area contributed by atoms with Gasteiger partial charge in [0.2, 0.25) is 0 Å². The molecule has 1 heterocycles. The summed E-state index contributed by atoms with van der Waals surface area (Å²) in [7, 11) is -2.57. The van der Waals surface area contributed by atoms with Gasteiger partial charge in [0, 0.05) is 5.39 Å². The smallest absolute Gasteiger partial charge is 0.268 e. The van der Waals surface area contributed by atoms with Crippen LogP contribution in [0.2, 0.25) is 0 Å². The Balaban J connectivity index is 2.44. The first-order valence-corrected chi connectivity index (χ1v) is 8.42. The topological polar surface area (TPSA) is 82.4 Å². The molecule has 0 saturated carbocycles. The minimum absolute atomic E-state index is 0.0124. The third kappa shape index (κ3) is 2.30. The number of fused-ring (bicyclic) bond motifs is 1. The minimum Gasteiger partial charge on any atom is -0.497 e. The van der Waals surface area contributed by atoms with Crippen LogP contribution in [0.4, 0.5) is 0 Å². The van der Waals surface area contributed by atoms with Gasteiger partial charge in [-0.25, -0.2) is 12.4 Å². The molecular formula is C17H13NO5S. The molecule has 3 rings (SSSR count). The van der Waals surface area contributed by atoms with E-state index in [2.05, 4.69) is 0 Å². The van der Waals surface area contributed by atoms with E-state index >= 15 is 0 Å². The number of nitrogens with zero attached hydrogens (tertiary/aromatic N) is 1. The molecule has 0 aliphatic rings. The summed E-state index contributed by atoms with van der Waals surface area (Å²) in [5.41, 5.74) is 0.0411. The van der Waals surface area contributed by atoms with Crippen molar-refractivity contribution >= 4 is 33.5 Å². The van der Waals surface area contributed by atoms with Crippen molar-refractivity contribution in [3.8, 4) is 5.75 Å². The second kappa shape index (κ2) is 5.93. The number of ether oxygens (including phenoxy) is 1. The summed E-state index contributed by atoms with van der Waals surface area (Å²) < 4.78 is 31.9. The largest absolute Gasteiger partial charge is 0.497 e. The van der Waals surface area contributed by atoms with E-state index in [1.54, 1.807) is 24.3 Å². The highest BCUT2D eigenvalue weighted by Crippen LogP contribution is 2.31. The van der Waals surface area contributed by atoms with Crippen molar-refractivity contribution in [2.24, 2.45) is 0 Å². The standard InChI is InChI=1S/C17H13NO5S/c1-23-12-7-8-16-14(9-12)15(10-19)17(11-20)18(16)24(21,22)13-5-3-2-4-6-13/h2-11H,1H3. The highest BCUT2D eigenvalue weighted by Gasteiger charge is 2.26. The summed E-state index contributed by atoms with van der Waals surface area (Å²) in [4.78, 5) is 23.0. The van der Waals surface area contributed by atoms with Gasteiger partial charge >= 0.3 is 0 Å². The molecule has 7 heteroatoms. The molecule has 0 saturated heterocycles. The van der Waals surface area contributed by atoms with Gasteiger partial charge in [-0.3, -0.25) is 9.59 Å². The Hall–Kier alpha value is -2.93. The molecule has 0 N–H and O–H groups in total. The van der Waals surface area contributed by atoms with Crippen LogP contribution in [0.1, 0.15) is 20.8 Å². The molecule has 0 aliphatic carbocycles. The van der Waals surface area contributed by atoms with Crippen LogP contribution in [0.25, 0.3) is 10.9 Å². The van der Waals surface area contributed by atoms with E-state index in [9.17, 15) is 18.0 Å². The normalized spacial score (nSPS) is 11.4. The van der Waals surface area contributed by atoms with Crippen LogP contribution in [-0.2, 0) is 10.0 Å². The summed E-state index contributed by atoms with van der Waals surface area (Å²) >= 11 is 0. The maximum atomic E-state index is 13.0. The molecular weight excluding hydrogens is 330 g/mol. The minimum atomic E-state index is -4.03. The lowest BCUT2D eigenvalue weighted by Crippen LogP contribution is -2.16. The molecule has 0 radical (unpaired) electrons. The summed E-state index contributed by atoms with van der Waals surface area (Å²) in [5, 5.41) is 0.339. The zero-order valence-corrected chi connectivity index (χ0v) is 13.5. The van der Waals surface area contributed by atoms with Gasteiger partial charge in [-0.2, -0.15) is 0 Å². The molecule has 2 aromatic carbocycles. The van der Waals surface area contributed by atoms with Gasteiger partial charge in [-0.15, -0.1) is 0 Å². The quantitative estimate of drug-likeness (QED) is 0.665. The van der Waals surface area contributed by atoms with Gasteiger partial charge in [0.05, 0.1) is 23.1 Å². The number of carbonyl (C=O) groups excluding carboxylic acids is 2. The van der Waals surface area contributed by atoms with Crippen LogP contribution in [0.5, 0.6) is 5.75 Å². The average molecular weight is 343 g/mol. The zero-order chi connectivity index (χ0) is 17.3. The highest BCUT2D eigenvalue weighted by molar-refractivity contribution is 7.90. The van der Waals surface area contributed by atoms with Crippen LogP contribution < -0.4 is 4.74 Å². The lowest BCUT2D eigenvalue weighted by atomic mass is 10.1. The van der Waals surface area contributed by atoms with Gasteiger partial charge < -0.3 is 4.74 Å². The van der Waals surface area contributed by atoms with Crippen LogP contribution in [-0.4, -0.2) is 32.1 Å². The molecule has 24 heavy (non-hydrogen) atoms. The highest BCUT2D eigenvalue weighted by atomic mass is 32.2. The lowest BCUT2D eigenvalue weighted by Gasteiger charge is -2.09. The Bertz CT molecular complexity index is 1040. The Kier molecular flexibility index (Phi) is 3.94. The summed E-state index contributed by atoms with van der Waals surface area (Å²) in [5.74, 6) is 0.456. The third-order valence-electron chi connectivity index (χ3n) is 3.72.